The number of nitrogen functional groups attached to an aromatic ring is 1. The van der Waals surface area contributed by atoms with Crippen molar-refractivity contribution < 1.29 is 14.7 Å². The molecule has 22 heavy (non-hydrogen) atoms. The van der Waals surface area contributed by atoms with Gasteiger partial charge in [-0.25, -0.2) is 15.0 Å². The molecule has 0 atom stereocenters. The number of fused-ring (bicyclic) bond motifs is 1. The first kappa shape index (κ1) is 15.7. The van der Waals surface area contributed by atoms with Crippen molar-refractivity contribution in [3.63, 3.8) is 0 Å². The molecule has 0 saturated carbocycles. The van der Waals surface area contributed by atoms with Gasteiger partial charge in [-0.15, -0.1) is 0 Å². The minimum Gasteiger partial charge on any atom is -0.481 e. The molecule has 0 bridgehead atoms. The third kappa shape index (κ3) is 3.30. The van der Waals surface area contributed by atoms with Crippen molar-refractivity contribution in [2.75, 3.05) is 12.3 Å². The van der Waals surface area contributed by atoms with E-state index in [9.17, 15) is 9.59 Å². The topological polar surface area (TPSA) is 136 Å². The molecule has 0 aliphatic heterocycles. The number of carboxylic acids is 1. The van der Waals surface area contributed by atoms with Crippen LogP contribution < -0.4 is 11.1 Å². The molecule has 0 fully saturated rings. The van der Waals surface area contributed by atoms with E-state index in [0.29, 0.717) is 17.6 Å². The highest BCUT2D eigenvalue weighted by atomic mass is 16.4. The molecule has 1 amide bonds. The zero-order valence-corrected chi connectivity index (χ0v) is 12.4. The van der Waals surface area contributed by atoms with Crippen molar-refractivity contribution in [2.45, 2.75) is 26.8 Å². The van der Waals surface area contributed by atoms with Gasteiger partial charge in [0.15, 0.2) is 11.5 Å². The van der Waals surface area contributed by atoms with Crippen LogP contribution in [-0.2, 0) is 16.1 Å². The number of nitrogens with two attached hydrogens (primary N) is 1. The number of anilines is 1. The number of carboxylic acid groups (broad SMARTS) is 1. The monoisotopic (exact) mass is 306 g/mol. The minimum absolute atomic E-state index is 0.0282. The van der Waals surface area contributed by atoms with Crippen molar-refractivity contribution in [1.29, 1.82) is 0 Å². The van der Waals surface area contributed by atoms with E-state index < -0.39 is 11.4 Å². The second-order valence-electron chi connectivity index (χ2n) is 5.59. The lowest BCUT2D eigenvalue weighted by molar-refractivity contribution is -0.147. The van der Waals surface area contributed by atoms with Crippen LogP contribution in [0.2, 0.25) is 0 Å². The van der Waals surface area contributed by atoms with Crippen LogP contribution in [-0.4, -0.2) is 43.0 Å². The number of nitrogens with one attached hydrogen (secondary N) is 1. The van der Waals surface area contributed by atoms with Gasteiger partial charge in [0.05, 0.1) is 11.7 Å². The van der Waals surface area contributed by atoms with Crippen molar-refractivity contribution >= 4 is 28.9 Å². The predicted octanol–water partition coefficient (Wildman–Crippen LogP) is 0.0256. The minimum atomic E-state index is -0.894. The number of carbonyl (C=O) groups excluding carboxylic acids is 1. The van der Waals surface area contributed by atoms with Crippen molar-refractivity contribution in [1.82, 2.24) is 24.8 Å². The number of hydrogen-bond donors (Lipinski definition) is 3. The summed E-state index contributed by atoms with van der Waals surface area (Å²) in [5, 5.41) is 11.7. The highest BCUT2D eigenvalue weighted by Crippen LogP contribution is 2.19. The zero-order valence-electron chi connectivity index (χ0n) is 12.4. The largest absolute Gasteiger partial charge is 0.481 e. The van der Waals surface area contributed by atoms with Crippen molar-refractivity contribution in [2.24, 2.45) is 5.41 Å². The summed E-state index contributed by atoms with van der Waals surface area (Å²) in [4.78, 5) is 34.8. The summed E-state index contributed by atoms with van der Waals surface area (Å²) in [6, 6.07) is 0. The molecule has 2 aromatic heterocycles. The summed E-state index contributed by atoms with van der Waals surface area (Å²) in [6.07, 6.45) is 3.12. The molecule has 9 heteroatoms. The van der Waals surface area contributed by atoms with Crippen LogP contribution in [0.5, 0.6) is 0 Å². The smallest absolute Gasteiger partial charge is 0.309 e. The van der Waals surface area contributed by atoms with E-state index in [2.05, 4.69) is 20.3 Å². The van der Waals surface area contributed by atoms with Crippen LogP contribution in [0.4, 0.5) is 5.82 Å². The van der Waals surface area contributed by atoms with E-state index >= 15 is 0 Å². The molecule has 0 unspecified atom stereocenters. The van der Waals surface area contributed by atoms with Crippen LogP contribution in [0.15, 0.2) is 12.7 Å². The van der Waals surface area contributed by atoms with E-state index in [-0.39, 0.29) is 24.8 Å². The molecule has 2 rings (SSSR count). The Hall–Kier alpha value is -2.71. The fraction of sp³-hybridized carbons (Fsp3) is 0.462. The zero-order chi connectivity index (χ0) is 16.3. The Morgan fingerprint density at radius 2 is 2.09 bits per heavy atom. The Morgan fingerprint density at radius 1 is 1.36 bits per heavy atom. The van der Waals surface area contributed by atoms with E-state index in [4.69, 9.17) is 10.8 Å². The Morgan fingerprint density at radius 3 is 2.77 bits per heavy atom. The first-order valence-electron chi connectivity index (χ1n) is 6.72. The number of hydrogen-bond acceptors (Lipinski definition) is 6. The number of rotatable bonds is 6. The van der Waals surface area contributed by atoms with Gasteiger partial charge in [-0.2, -0.15) is 0 Å². The standard InChI is InChI=1S/C13H18N6O3/c1-13(2,12(21)22)3-4-15-8(20)5-19-7-18-9-10(14)16-6-17-11(9)19/h6-7H,3-5H2,1-2H3,(H,15,20)(H,21,22)(H2,14,16,17). The maximum atomic E-state index is 11.9. The molecule has 0 spiro atoms. The molecule has 0 aromatic carbocycles. The maximum Gasteiger partial charge on any atom is 0.309 e. The van der Waals surface area contributed by atoms with Crippen molar-refractivity contribution in [3.8, 4) is 0 Å². The summed E-state index contributed by atoms with van der Waals surface area (Å²) in [5.74, 6) is -0.889. The average Bonchev–Trinajstić information content (AvgIpc) is 2.83. The molecule has 9 nitrogen and oxygen atoms in total. The molecule has 2 heterocycles. The van der Waals surface area contributed by atoms with Crippen LogP contribution in [0.25, 0.3) is 11.2 Å². The predicted molar refractivity (Wildman–Crippen MR) is 78.8 cm³/mol. The van der Waals surface area contributed by atoms with Crippen LogP contribution in [0, 0.1) is 5.41 Å². The number of carbonyl (C=O) groups is 2. The maximum absolute atomic E-state index is 11.9. The van der Waals surface area contributed by atoms with E-state index in [1.165, 1.54) is 12.7 Å². The van der Waals surface area contributed by atoms with Crippen LogP contribution in [0.3, 0.4) is 0 Å². The number of amides is 1. The molecule has 0 saturated heterocycles. The van der Waals surface area contributed by atoms with Gasteiger partial charge in [0.1, 0.15) is 18.4 Å². The fourth-order valence-corrected chi connectivity index (χ4v) is 1.85. The summed E-state index contributed by atoms with van der Waals surface area (Å²) in [6.45, 7) is 3.54. The molecular weight excluding hydrogens is 288 g/mol. The van der Waals surface area contributed by atoms with Gasteiger partial charge < -0.3 is 20.7 Å². The summed E-state index contributed by atoms with van der Waals surface area (Å²) >= 11 is 0. The van der Waals surface area contributed by atoms with Gasteiger partial charge in [-0.3, -0.25) is 9.59 Å². The van der Waals surface area contributed by atoms with E-state index in [1.54, 1.807) is 18.4 Å². The SMILES string of the molecule is CC(C)(CCNC(=O)Cn1cnc2c(N)ncnc21)C(=O)O. The van der Waals surface area contributed by atoms with E-state index in [1.807, 2.05) is 0 Å². The first-order chi connectivity index (χ1) is 10.3. The lowest BCUT2D eigenvalue weighted by Crippen LogP contribution is -2.33. The Kier molecular flexibility index (Phi) is 4.25. The molecule has 0 aliphatic rings. The molecule has 4 N–H and O–H groups in total. The Balaban J connectivity index is 1.95. The number of nitrogens with zero attached hydrogens (tertiary/aromatic N) is 4. The van der Waals surface area contributed by atoms with Crippen molar-refractivity contribution in [3.05, 3.63) is 12.7 Å². The van der Waals surface area contributed by atoms with Gasteiger partial charge in [-0.1, -0.05) is 0 Å². The Bertz CT molecular complexity index is 709. The van der Waals surface area contributed by atoms with Gasteiger partial charge in [0.25, 0.3) is 0 Å². The lowest BCUT2D eigenvalue weighted by atomic mass is 9.90. The molecule has 0 aliphatic carbocycles. The fourth-order valence-electron chi connectivity index (χ4n) is 1.85. The van der Waals surface area contributed by atoms with E-state index in [0.717, 1.165) is 0 Å². The molecule has 118 valence electrons. The third-order valence-corrected chi connectivity index (χ3v) is 3.39. The van der Waals surface area contributed by atoms with Crippen LogP contribution in [0.1, 0.15) is 20.3 Å². The quantitative estimate of drug-likeness (QED) is 0.684. The highest BCUT2D eigenvalue weighted by molar-refractivity contribution is 5.83. The lowest BCUT2D eigenvalue weighted by Gasteiger charge is -2.18. The van der Waals surface area contributed by atoms with Gasteiger partial charge >= 0.3 is 5.97 Å². The van der Waals surface area contributed by atoms with Gasteiger partial charge in [0.2, 0.25) is 5.91 Å². The summed E-state index contributed by atoms with van der Waals surface area (Å²) in [5.41, 5.74) is 5.72. The molecule has 0 radical (unpaired) electrons. The summed E-state index contributed by atoms with van der Waals surface area (Å²) in [7, 11) is 0. The first-order valence-corrected chi connectivity index (χ1v) is 6.72. The second kappa shape index (κ2) is 5.96. The molecular formula is C13H18N6O3. The third-order valence-electron chi connectivity index (χ3n) is 3.39. The normalized spacial score (nSPS) is 11.5. The van der Waals surface area contributed by atoms with Crippen LogP contribution >= 0.6 is 0 Å². The highest BCUT2D eigenvalue weighted by Gasteiger charge is 2.26. The average molecular weight is 306 g/mol. The van der Waals surface area contributed by atoms with Gasteiger partial charge in [-0.05, 0) is 20.3 Å². The van der Waals surface area contributed by atoms with Gasteiger partial charge in [0, 0.05) is 6.54 Å². The second-order valence-corrected chi connectivity index (χ2v) is 5.59. The molecule has 2 aromatic rings. The number of imidazole rings is 1. The Labute approximate surface area is 126 Å². The number of aliphatic carboxylic acids is 1. The number of aromatic nitrogens is 4. The summed E-state index contributed by atoms with van der Waals surface area (Å²) < 4.78 is 1.56.